The molecule has 2 aromatic heterocycles. The molecule has 62 heavy (non-hydrogen) atoms. The van der Waals surface area contributed by atoms with Crippen LogP contribution in [0.3, 0.4) is 0 Å². The molecule has 0 spiro atoms. The number of ether oxygens (including phenoxy) is 3. The maximum absolute atomic E-state index is 13.2. The van der Waals surface area contributed by atoms with E-state index in [2.05, 4.69) is 43.4 Å². The minimum atomic E-state index is -1.13. The van der Waals surface area contributed by atoms with E-state index >= 15 is 0 Å². The van der Waals surface area contributed by atoms with Crippen LogP contribution in [0.25, 0.3) is 22.6 Å². The lowest BCUT2D eigenvalue weighted by Gasteiger charge is -2.23. The molecule has 17 nitrogen and oxygen atoms in total. The molecule has 4 aromatic rings. The summed E-state index contributed by atoms with van der Waals surface area (Å²) in [6.07, 6.45) is 2.70. The number of aromatic nitrogens is 2. The normalized spacial score (nSPS) is 18.4. The van der Waals surface area contributed by atoms with Gasteiger partial charge < -0.3 is 45.6 Å². The molecule has 2 aliphatic rings. The molecule has 2 amide bonds. The van der Waals surface area contributed by atoms with Gasteiger partial charge in [0.15, 0.2) is 6.10 Å². The number of halogens is 1. The summed E-state index contributed by atoms with van der Waals surface area (Å²) < 4.78 is 22.8. The van der Waals surface area contributed by atoms with Gasteiger partial charge in [-0.05, 0) is 94.1 Å². The van der Waals surface area contributed by atoms with Crippen molar-refractivity contribution in [3.63, 3.8) is 0 Å². The molecule has 6 rings (SSSR count). The molecule has 324 valence electrons. The third-order valence-corrected chi connectivity index (χ3v) is 11.6. The van der Waals surface area contributed by atoms with Gasteiger partial charge in [0.2, 0.25) is 17.7 Å². The van der Waals surface area contributed by atoms with Gasteiger partial charge >= 0.3 is 11.9 Å². The van der Waals surface area contributed by atoms with Crippen LogP contribution >= 0.6 is 23.4 Å². The number of esters is 2. The van der Waals surface area contributed by atoms with E-state index in [1.54, 1.807) is 48.5 Å². The number of carbonyl (C=O) groups is 4. The predicted molar refractivity (Wildman–Crippen MR) is 228 cm³/mol. The molecule has 0 aliphatic carbocycles. The van der Waals surface area contributed by atoms with Crippen molar-refractivity contribution in [3.8, 4) is 40.5 Å². The van der Waals surface area contributed by atoms with E-state index in [9.17, 15) is 29.7 Å². The number of nitrogens with two attached hydrogens (primary N) is 1. The number of nitrogens with one attached hydrogen (secondary N) is 4. The van der Waals surface area contributed by atoms with Gasteiger partial charge in [-0.3, -0.25) is 9.59 Å². The first-order valence-corrected chi connectivity index (χ1v) is 21.4. The number of nitriles is 2. The molecule has 0 saturated carbocycles. The van der Waals surface area contributed by atoms with Gasteiger partial charge in [0.1, 0.15) is 65.9 Å². The lowest BCUT2D eigenvalue weighted by atomic mass is 9.97. The molecule has 6 unspecified atom stereocenters. The maximum Gasteiger partial charge on any atom is 0.328 e. The van der Waals surface area contributed by atoms with E-state index < -0.39 is 48.8 Å². The summed E-state index contributed by atoms with van der Waals surface area (Å²) in [5.74, 6) is -1.14. The number of benzene rings is 2. The number of nitrogen functional groups attached to an aromatic ring is 1. The van der Waals surface area contributed by atoms with E-state index in [1.165, 1.54) is 31.9 Å². The van der Waals surface area contributed by atoms with Crippen molar-refractivity contribution >= 4 is 52.9 Å². The van der Waals surface area contributed by atoms with Gasteiger partial charge in [-0.1, -0.05) is 42.4 Å². The Morgan fingerprint density at radius 3 is 2.27 bits per heavy atom. The molecule has 2 aliphatic heterocycles. The number of anilines is 1. The van der Waals surface area contributed by atoms with Crippen molar-refractivity contribution in [2.45, 2.75) is 81.1 Å². The number of hydrogen-bond acceptors (Lipinski definition) is 16. The van der Waals surface area contributed by atoms with Crippen molar-refractivity contribution in [2.75, 3.05) is 32.0 Å². The standard InChI is InChI=1S/C43H46ClN9O8S/c1-23-14-16-49-36(23)39(55)51-24(2)42(56)60-21-31(61-43(57)25(3)50-38(54)34-5-4-15-48-34)20-58-30-12-8-26(9-13-30)35-32(17-45)37(47)53-41(33(35)18-46)62-22-29-19-59-40(52-29)27-6-10-28(44)11-7-27/h6-13,19,23-25,31,34,36,48-49H,4-5,14-16,20-22H2,1-3H3,(H2,47,53)(H,50,54)(H,51,55). The number of thioether (sulfide) groups is 1. The monoisotopic (exact) mass is 883 g/mol. The van der Waals surface area contributed by atoms with Gasteiger partial charge in [-0.25, -0.2) is 19.6 Å². The fourth-order valence-electron chi connectivity index (χ4n) is 6.85. The Morgan fingerprint density at radius 1 is 0.919 bits per heavy atom. The molecule has 6 N–H and O–H groups in total. The second-order valence-electron chi connectivity index (χ2n) is 14.9. The minimum Gasteiger partial charge on any atom is -0.490 e. The predicted octanol–water partition coefficient (Wildman–Crippen LogP) is 4.27. The number of rotatable bonds is 17. The van der Waals surface area contributed by atoms with Crippen molar-refractivity contribution in [1.29, 1.82) is 10.5 Å². The third-order valence-electron chi connectivity index (χ3n) is 10.3. The van der Waals surface area contributed by atoms with Crippen LogP contribution in [0.5, 0.6) is 5.75 Å². The Kier molecular flexibility index (Phi) is 15.4. The zero-order valence-electron chi connectivity index (χ0n) is 34.2. The van der Waals surface area contributed by atoms with Crippen LogP contribution in [0.4, 0.5) is 5.82 Å². The van der Waals surface area contributed by atoms with Gasteiger partial charge in [0.05, 0.1) is 23.3 Å². The molecule has 2 fully saturated rings. The summed E-state index contributed by atoms with van der Waals surface area (Å²) in [4.78, 5) is 60.5. The highest BCUT2D eigenvalue weighted by molar-refractivity contribution is 7.98. The Bertz CT molecular complexity index is 2340. The van der Waals surface area contributed by atoms with Crippen LogP contribution < -0.4 is 31.7 Å². The topological polar surface area (TPSA) is 257 Å². The fraction of sp³-hybridized carbons (Fsp3) is 0.395. The van der Waals surface area contributed by atoms with Crippen LogP contribution in [0.15, 0.2) is 64.2 Å². The lowest BCUT2D eigenvalue weighted by molar-refractivity contribution is -0.163. The molecule has 19 heteroatoms. The molecular weight excluding hydrogens is 838 g/mol. The van der Waals surface area contributed by atoms with Gasteiger partial charge in [0.25, 0.3) is 0 Å². The van der Waals surface area contributed by atoms with Crippen molar-refractivity contribution < 1.29 is 37.8 Å². The van der Waals surface area contributed by atoms with E-state index in [0.29, 0.717) is 47.4 Å². The molecule has 0 bridgehead atoms. The van der Waals surface area contributed by atoms with Gasteiger partial charge in [-0.2, -0.15) is 10.5 Å². The average molecular weight is 884 g/mol. The van der Waals surface area contributed by atoms with Crippen LogP contribution in [-0.2, 0) is 34.4 Å². The largest absolute Gasteiger partial charge is 0.490 e. The summed E-state index contributed by atoms with van der Waals surface area (Å²) in [7, 11) is 0. The summed E-state index contributed by atoms with van der Waals surface area (Å²) in [5, 5.41) is 32.8. The number of pyridine rings is 1. The second kappa shape index (κ2) is 21.1. The van der Waals surface area contributed by atoms with Crippen molar-refractivity contribution in [3.05, 3.63) is 76.6 Å². The molecule has 4 heterocycles. The summed E-state index contributed by atoms with van der Waals surface area (Å²) in [5.41, 5.74) is 8.49. The van der Waals surface area contributed by atoms with E-state index in [0.717, 1.165) is 18.4 Å². The maximum atomic E-state index is 13.2. The number of nitrogens with zero attached hydrogens (tertiary/aromatic N) is 4. The summed E-state index contributed by atoms with van der Waals surface area (Å²) >= 11 is 7.21. The first-order valence-electron chi connectivity index (χ1n) is 20.0. The van der Waals surface area contributed by atoms with Crippen molar-refractivity contribution in [2.24, 2.45) is 5.92 Å². The zero-order valence-corrected chi connectivity index (χ0v) is 35.8. The second-order valence-corrected chi connectivity index (χ2v) is 16.3. The molecule has 2 saturated heterocycles. The average Bonchev–Trinajstić information content (AvgIpc) is 4.07. The minimum absolute atomic E-state index is 0.0178. The first kappa shape index (κ1) is 45.3. The van der Waals surface area contributed by atoms with Crippen LogP contribution in [0.1, 0.15) is 56.9 Å². The van der Waals surface area contributed by atoms with Crippen LogP contribution in [0, 0.1) is 28.6 Å². The Morgan fingerprint density at radius 2 is 1.61 bits per heavy atom. The Balaban J connectivity index is 1.13. The van der Waals surface area contributed by atoms with Gasteiger partial charge in [0, 0.05) is 21.9 Å². The molecule has 0 radical (unpaired) electrons. The highest BCUT2D eigenvalue weighted by Crippen LogP contribution is 2.37. The molecular formula is C43H46ClN9O8S. The number of oxazole rings is 1. The number of amides is 2. The Hall–Kier alpha value is -6.18. The van der Waals surface area contributed by atoms with Crippen LogP contribution in [0.2, 0.25) is 5.02 Å². The Labute approximate surface area is 367 Å². The van der Waals surface area contributed by atoms with Crippen molar-refractivity contribution in [1.82, 2.24) is 31.2 Å². The molecule has 6 atom stereocenters. The summed E-state index contributed by atoms with van der Waals surface area (Å²) in [6.45, 7) is 5.64. The van der Waals surface area contributed by atoms with E-state index in [4.69, 9.17) is 36.0 Å². The molecule has 2 aromatic carbocycles. The third kappa shape index (κ3) is 11.4. The summed E-state index contributed by atoms with van der Waals surface area (Å²) in [6, 6.07) is 14.9. The van der Waals surface area contributed by atoms with Crippen LogP contribution in [-0.4, -0.2) is 90.3 Å². The smallest absolute Gasteiger partial charge is 0.328 e. The number of hydrogen-bond donors (Lipinski definition) is 5. The van der Waals surface area contributed by atoms with Gasteiger partial charge in [-0.15, -0.1) is 0 Å². The van der Waals surface area contributed by atoms with E-state index in [1.807, 2.05) is 6.92 Å². The SMILES string of the molecule is CC(NC(=O)C1NCCC1C)C(=O)OCC(COc1ccc(-c2c(C#N)c(N)nc(SCc3coc(-c4ccc(Cl)cc4)n3)c2C#N)cc1)OC(=O)C(C)NC(=O)C1CCCN1. The zero-order chi connectivity index (χ0) is 44.3. The lowest BCUT2D eigenvalue weighted by Crippen LogP contribution is -2.50. The number of carbonyl (C=O) groups excluding carboxylic acids is 4. The fourth-order valence-corrected chi connectivity index (χ4v) is 7.85. The quantitative estimate of drug-likeness (QED) is 0.0733. The highest BCUT2D eigenvalue weighted by Gasteiger charge is 2.32. The highest BCUT2D eigenvalue weighted by atomic mass is 35.5. The first-order chi connectivity index (χ1) is 29.8. The van der Waals surface area contributed by atoms with E-state index in [-0.39, 0.29) is 57.6 Å².